The molecule has 4 nitrogen and oxygen atoms in total. The maximum Gasteiger partial charge on any atom is 0.119 e. The van der Waals surface area contributed by atoms with Crippen LogP contribution in [0.3, 0.4) is 0 Å². The number of rotatable bonds is 6. The molecule has 0 bridgehead atoms. The minimum Gasteiger partial charge on any atom is -0.497 e. The van der Waals surface area contributed by atoms with E-state index < -0.39 is 0 Å². The maximum absolute atomic E-state index is 5.29. The van der Waals surface area contributed by atoms with Crippen molar-refractivity contribution in [2.75, 3.05) is 13.7 Å². The molecule has 0 unspecified atom stereocenters. The summed E-state index contributed by atoms with van der Waals surface area (Å²) in [5.41, 5.74) is 2.44. The lowest BCUT2D eigenvalue weighted by molar-refractivity contribution is 0.415. The highest BCUT2D eigenvalue weighted by Gasteiger charge is 2.05. The van der Waals surface area contributed by atoms with Crippen LogP contribution < -0.4 is 10.1 Å². The number of furan rings is 1. The number of methoxy groups -OCH3 is 1. The van der Waals surface area contributed by atoms with Gasteiger partial charge in [0, 0.05) is 17.1 Å². The maximum atomic E-state index is 5.29. The summed E-state index contributed by atoms with van der Waals surface area (Å²) in [6, 6.07) is 9.98. The molecule has 0 atom stereocenters. The van der Waals surface area contributed by atoms with Crippen molar-refractivity contribution in [3.63, 3.8) is 0 Å². The summed E-state index contributed by atoms with van der Waals surface area (Å²) < 4.78 is 10.6. The standard InChI is InChI=1S/C16H18N2O2/c1-19-13-4-5-16-15(9-13)12(10-18-16)6-7-17-11-14-3-2-8-20-14/h2-5,8-10,17-18H,6-7,11H2,1H3. The van der Waals surface area contributed by atoms with Crippen LogP contribution >= 0.6 is 0 Å². The zero-order chi connectivity index (χ0) is 13.8. The highest BCUT2D eigenvalue weighted by atomic mass is 16.5. The van der Waals surface area contributed by atoms with Gasteiger partial charge in [-0.3, -0.25) is 0 Å². The number of hydrogen-bond donors (Lipinski definition) is 2. The minimum atomic E-state index is 0.763. The van der Waals surface area contributed by atoms with Gasteiger partial charge >= 0.3 is 0 Å². The molecule has 2 N–H and O–H groups in total. The molecule has 3 rings (SSSR count). The number of aromatic nitrogens is 1. The summed E-state index contributed by atoms with van der Waals surface area (Å²) in [6.45, 7) is 1.67. The molecule has 0 saturated heterocycles. The van der Waals surface area contributed by atoms with E-state index in [1.165, 1.54) is 10.9 Å². The molecule has 0 amide bonds. The van der Waals surface area contributed by atoms with E-state index >= 15 is 0 Å². The third kappa shape index (κ3) is 2.70. The van der Waals surface area contributed by atoms with E-state index in [-0.39, 0.29) is 0 Å². The number of benzene rings is 1. The van der Waals surface area contributed by atoms with Crippen LogP contribution in [0.5, 0.6) is 5.75 Å². The second-order valence-electron chi connectivity index (χ2n) is 4.73. The van der Waals surface area contributed by atoms with E-state index in [0.29, 0.717) is 0 Å². The Labute approximate surface area is 117 Å². The first-order valence-electron chi connectivity index (χ1n) is 6.74. The van der Waals surface area contributed by atoms with Crippen molar-refractivity contribution in [3.8, 4) is 5.75 Å². The molecule has 0 aliphatic rings. The molecular weight excluding hydrogens is 252 g/mol. The summed E-state index contributed by atoms with van der Waals surface area (Å²) in [6.07, 6.45) is 4.73. The highest BCUT2D eigenvalue weighted by molar-refractivity contribution is 5.84. The zero-order valence-corrected chi connectivity index (χ0v) is 11.5. The third-order valence-electron chi connectivity index (χ3n) is 3.43. The first-order chi connectivity index (χ1) is 9.86. The van der Waals surface area contributed by atoms with Gasteiger partial charge in [0.2, 0.25) is 0 Å². The van der Waals surface area contributed by atoms with Gasteiger partial charge in [0.05, 0.1) is 19.9 Å². The number of H-pyrrole nitrogens is 1. The Hall–Kier alpha value is -2.20. The molecular formula is C16H18N2O2. The lowest BCUT2D eigenvalue weighted by atomic mass is 10.1. The summed E-state index contributed by atoms with van der Waals surface area (Å²) in [5.74, 6) is 1.85. The average Bonchev–Trinajstić information content (AvgIpc) is 3.13. The Balaban J connectivity index is 1.62. The largest absolute Gasteiger partial charge is 0.497 e. The summed E-state index contributed by atoms with van der Waals surface area (Å²) in [4.78, 5) is 3.29. The van der Waals surface area contributed by atoms with Crippen LogP contribution in [0.15, 0.2) is 47.2 Å². The quantitative estimate of drug-likeness (QED) is 0.677. The van der Waals surface area contributed by atoms with Gasteiger partial charge in [0.25, 0.3) is 0 Å². The molecule has 2 aromatic heterocycles. The number of ether oxygens (including phenoxy) is 1. The summed E-state index contributed by atoms with van der Waals surface area (Å²) in [7, 11) is 1.69. The molecule has 0 spiro atoms. The SMILES string of the molecule is COc1ccc2[nH]cc(CCNCc3ccco3)c2c1. The van der Waals surface area contributed by atoms with Gasteiger partial charge in [0.15, 0.2) is 0 Å². The van der Waals surface area contributed by atoms with Crippen LogP contribution in [0, 0.1) is 0 Å². The van der Waals surface area contributed by atoms with E-state index in [1.807, 2.05) is 24.3 Å². The van der Waals surface area contributed by atoms with E-state index in [4.69, 9.17) is 9.15 Å². The third-order valence-corrected chi connectivity index (χ3v) is 3.43. The average molecular weight is 270 g/mol. The fourth-order valence-electron chi connectivity index (χ4n) is 2.34. The van der Waals surface area contributed by atoms with Crippen LogP contribution in [-0.2, 0) is 13.0 Å². The van der Waals surface area contributed by atoms with Gasteiger partial charge in [-0.25, -0.2) is 0 Å². The summed E-state index contributed by atoms with van der Waals surface area (Å²) in [5, 5.41) is 4.61. The molecule has 1 aromatic carbocycles. The van der Waals surface area contributed by atoms with E-state index in [2.05, 4.69) is 22.6 Å². The lowest BCUT2D eigenvalue weighted by Crippen LogP contribution is -2.16. The molecule has 0 aliphatic carbocycles. The minimum absolute atomic E-state index is 0.763. The predicted molar refractivity (Wildman–Crippen MR) is 79.0 cm³/mol. The topological polar surface area (TPSA) is 50.2 Å². The van der Waals surface area contributed by atoms with Gasteiger partial charge in [-0.2, -0.15) is 0 Å². The van der Waals surface area contributed by atoms with Gasteiger partial charge < -0.3 is 19.5 Å². The predicted octanol–water partition coefficient (Wildman–Crippen LogP) is 3.10. The van der Waals surface area contributed by atoms with Crippen LogP contribution in [0.2, 0.25) is 0 Å². The van der Waals surface area contributed by atoms with Crippen molar-refractivity contribution >= 4 is 10.9 Å². The number of hydrogen-bond acceptors (Lipinski definition) is 3. The van der Waals surface area contributed by atoms with Crippen LogP contribution in [0.1, 0.15) is 11.3 Å². The van der Waals surface area contributed by atoms with E-state index in [9.17, 15) is 0 Å². The van der Waals surface area contributed by atoms with Crippen molar-refractivity contribution in [2.24, 2.45) is 0 Å². The van der Waals surface area contributed by atoms with Gasteiger partial charge in [0.1, 0.15) is 11.5 Å². The number of aromatic amines is 1. The molecule has 2 heterocycles. The van der Waals surface area contributed by atoms with E-state index in [1.54, 1.807) is 13.4 Å². The Bertz CT molecular complexity index is 671. The number of fused-ring (bicyclic) bond motifs is 1. The smallest absolute Gasteiger partial charge is 0.119 e. The van der Waals surface area contributed by atoms with Crippen molar-refractivity contribution in [1.82, 2.24) is 10.3 Å². The van der Waals surface area contributed by atoms with Crippen molar-refractivity contribution in [2.45, 2.75) is 13.0 Å². The van der Waals surface area contributed by atoms with Crippen molar-refractivity contribution in [3.05, 3.63) is 54.1 Å². The molecule has 104 valence electrons. The second kappa shape index (κ2) is 5.84. The van der Waals surface area contributed by atoms with Crippen LogP contribution in [0.4, 0.5) is 0 Å². The second-order valence-corrected chi connectivity index (χ2v) is 4.73. The highest BCUT2D eigenvalue weighted by Crippen LogP contribution is 2.23. The Morgan fingerprint density at radius 3 is 3.05 bits per heavy atom. The molecule has 0 aliphatic heterocycles. The Morgan fingerprint density at radius 1 is 1.30 bits per heavy atom. The Kier molecular flexibility index (Phi) is 3.74. The first kappa shape index (κ1) is 12.8. The van der Waals surface area contributed by atoms with Gasteiger partial charge in [-0.05, 0) is 48.9 Å². The molecule has 0 radical (unpaired) electrons. The molecule has 3 aromatic rings. The normalized spacial score (nSPS) is 11.1. The summed E-state index contributed by atoms with van der Waals surface area (Å²) >= 11 is 0. The van der Waals surface area contributed by atoms with Gasteiger partial charge in [-0.1, -0.05) is 0 Å². The first-order valence-corrected chi connectivity index (χ1v) is 6.74. The molecule has 20 heavy (non-hydrogen) atoms. The zero-order valence-electron chi connectivity index (χ0n) is 11.5. The van der Waals surface area contributed by atoms with Gasteiger partial charge in [-0.15, -0.1) is 0 Å². The number of nitrogens with one attached hydrogen (secondary N) is 2. The molecule has 4 heteroatoms. The molecule has 0 fully saturated rings. The van der Waals surface area contributed by atoms with Crippen molar-refractivity contribution < 1.29 is 9.15 Å². The fraction of sp³-hybridized carbons (Fsp3) is 0.250. The van der Waals surface area contributed by atoms with Crippen molar-refractivity contribution in [1.29, 1.82) is 0 Å². The van der Waals surface area contributed by atoms with E-state index in [0.717, 1.165) is 36.5 Å². The monoisotopic (exact) mass is 270 g/mol. The van der Waals surface area contributed by atoms with Crippen LogP contribution in [0.25, 0.3) is 10.9 Å². The lowest BCUT2D eigenvalue weighted by Gasteiger charge is -2.03. The Morgan fingerprint density at radius 2 is 2.25 bits per heavy atom. The van der Waals surface area contributed by atoms with Crippen LogP contribution in [-0.4, -0.2) is 18.6 Å². The molecule has 0 saturated carbocycles. The fourth-order valence-corrected chi connectivity index (χ4v) is 2.34.